The van der Waals surface area contributed by atoms with Gasteiger partial charge in [-0.2, -0.15) is 5.26 Å². The summed E-state index contributed by atoms with van der Waals surface area (Å²) in [6.45, 7) is 0. The van der Waals surface area contributed by atoms with E-state index in [1.807, 2.05) is 0 Å². The predicted octanol–water partition coefficient (Wildman–Crippen LogP) is 2.49. The average Bonchev–Trinajstić information content (AvgIpc) is 2.16. The molecular weight excluding hydrogens is 258 g/mol. The van der Waals surface area contributed by atoms with Crippen LogP contribution in [-0.4, -0.2) is 10.1 Å². The first-order chi connectivity index (χ1) is 6.61. The van der Waals surface area contributed by atoms with Crippen molar-refractivity contribution in [3.05, 3.63) is 23.0 Å². The molecule has 1 rings (SSSR count). The van der Waals surface area contributed by atoms with Crippen molar-refractivity contribution in [2.45, 2.75) is 11.8 Å². The van der Waals surface area contributed by atoms with Crippen molar-refractivity contribution < 1.29 is 13.9 Å². The molecule has 14 heavy (non-hydrogen) atoms. The summed E-state index contributed by atoms with van der Waals surface area (Å²) in [5, 5.41) is 18.0. The Balaban J connectivity index is 3.41. The van der Waals surface area contributed by atoms with E-state index >= 15 is 0 Å². The highest BCUT2D eigenvalue weighted by atomic mass is 79.9. The first-order valence-corrected chi connectivity index (χ1v) is 4.69. The maximum atomic E-state index is 12.4. The van der Waals surface area contributed by atoms with Gasteiger partial charge in [0.25, 0.3) is 6.43 Å². The minimum absolute atomic E-state index is 0.0966. The molecule has 0 aliphatic rings. The van der Waals surface area contributed by atoms with E-state index in [2.05, 4.69) is 20.9 Å². The van der Waals surface area contributed by atoms with Gasteiger partial charge >= 0.3 is 0 Å². The minimum atomic E-state index is -2.88. The first-order valence-electron chi connectivity index (χ1n) is 3.56. The highest BCUT2D eigenvalue weighted by Crippen LogP contribution is 2.33. The topological polar surface area (TPSA) is 56.9 Å². The van der Waals surface area contributed by atoms with Crippen LogP contribution in [0.4, 0.5) is 8.78 Å². The van der Waals surface area contributed by atoms with E-state index in [9.17, 15) is 13.9 Å². The Hall–Kier alpha value is -1.22. The van der Waals surface area contributed by atoms with E-state index in [0.29, 0.717) is 0 Å². The minimum Gasteiger partial charge on any atom is -0.505 e. The molecule has 1 aromatic rings. The van der Waals surface area contributed by atoms with Crippen LogP contribution in [0.1, 0.15) is 23.2 Å². The van der Waals surface area contributed by atoms with Crippen LogP contribution in [0.2, 0.25) is 0 Å². The lowest BCUT2D eigenvalue weighted by Crippen LogP contribution is -1.97. The number of hydrogen-bond donors (Lipinski definition) is 1. The second kappa shape index (κ2) is 4.33. The Morgan fingerprint density at radius 1 is 1.64 bits per heavy atom. The normalized spacial score (nSPS) is 10.2. The summed E-state index contributed by atoms with van der Waals surface area (Å²) in [7, 11) is 0. The largest absolute Gasteiger partial charge is 0.505 e. The molecule has 0 aromatic carbocycles. The van der Waals surface area contributed by atoms with Crippen molar-refractivity contribution in [1.82, 2.24) is 4.98 Å². The summed E-state index contributed by atoms with van der Waals surface area (Å²) in [4.78, 5) is 3.66. The van der Waals surface area contributed by atoms with Crippen LogP contribution in [0.25, 0.3) is 0 Å². The van der Waals surface area contributed by atoms with Crippen molar-refractivity contribution in [1.29, 1.82) is 5.26 Å². The summed E-state index contributed by atoms with van der Waals surface area (Å²) in [5.41, 5.74) is -0.863. The van der Waals surface area contributed by atoms with Crippen molar-refractivity contribution in [3.8, 4) is 11.8 Å². The molecular formula is C8H5BrF2N2O. The molecule has 6 heteroatoms. The quantitative estimate of drug-likeness (QED) is 0.834. The number of halogens is 3. The van der Waals surface area contributed by atoms with Crippen molar-refractivity contribution in [2.24, 2.45) is 0 Å². The van der Waals surface area contributed by atoms with Crippen LogP contribution in [-0.2, 0) is 5.33 Å². The Kier molecular flexibility index (Phi) is 3.36. The van der Waals surface area contributed by atoms with Gasteiger partial charge in [-0.3, -0.25) is 4.98 Å². The Morgan fingerprint density at radius 2 is 2.29 bits per heavy atom. The number of aromatic nitrogens is 1. The maximum Gasteiger partial charge on any atom is 0.268 e. The third kappa shape index (κ3) is 1.82. The monoisotopic (exact) mass is 262 g/mol. The van der Waals surface area contributed by atoms with Gasteiger partial charge in [-0.25, -0.2) is 8.78 Å². The molecule has 0 spiro atoms. The van der Waals surface area contributed by atoms with Gasteiger partial charge in [0.2, 0.25) is 0 Å². The summed E-state index contributed by atoms with van der Waals surface area (Å²) in [6.07, 6.45) is -1.86. The molecule has 1 heterocycles. The fraction of sp³-hybridized carbons (Fsp3) is 0.250. The van der Waals surface area contributed by atoms with Gasteiger partial charge in [0.15, 0.2) is 0 Å². The van der Waals surface area contributed by atoms with E-state index < -0.39 is 17.7 Å². The lowest BCUT2D eigenvalue weighted by atomic mass is 10.1. The standard InChI is InChI=1S/C8H5BrF2N2O/c9-1-5-7(14)6(8(10)11)4(2-12)3-13-5/h3,8,14H,1H2. The number of rotatable bonds is 2. The molecule has 0 amide bonds. The van der Waals surface area contributed by atoms with Gasteiger partial charge in [-0.15, -0.1) is 0 Å². The van der Waals surface area contributed by atoms with Crippen LogP contribution in [0.5, 0.6) is 5.75 Å². The molecule has 0 saturated heterocycles. The second-order valence-electron chi connectivity index (χ2n) is 2.43. The van der Waals surface area contributed by atoms with Crippen molar-refractivity contribution in [2.75, 3.05) is 0 Å². The molecule has 0 saturated carbocycles. The van der Waals surface area contributed by atoms with Crippen LogP contribution in [0.3, 0.4) is 0 Å². The molecule has 0 atom stereocenters. The number of nitriles is 1. The number of alkyl halides is 3. The number of nitrogens with zero attached hydrogens (tertiary/aromatic N) is 2. The van der Waals surface area contributed by atoms with E-state index in [1.54, 1.807) is 6.07 Å². The molecule has 0 aliphatic heterocycles. The molecule has 1 aromatic heterocycles. The third-order valence-electron chi connectivity index (χ3n) is 1.63. The first kappa shape index (κ1) is 10.9. The van der Waals surface area contributed by atoms with Gasteiger partial charge in [0.1, 0.15) is 11.8 Å². The van der Waals surface area contributed by atoms with Gasteiger partial charge < -0.3 is 5.11 Å². The number of pyridine rings is 1. The van der Waals surface area contributed by atoms with E-state index in [0.717, 1.165) is 6.20 Å². The summed E-state index contributed by atoms with van der Waals surface area (Å²) >= 11 is 2.99. The van der Waals surface area contributed by atoms with E-state index in [4.69, 9.17) is 5.26 Å². The van der Waals surface area contributed by atoms with E-state index in [-0.39, 0.29) is 16.6 Å². The predicted molar refractivity (Wildman–Crippen MR) is 48.2 cm³/mol. The fourth-order valence-electron chi connectivity index (χ4n) is 0.964. The van der Waals surface area contributed by atoms with Crippen LogP contribution in [0, 0.1) is 11.3 Å². The zero-order chi connectivity index (χ0) is 10.7. The molecule has 0 aliphatic carbocycles. The Labute approximate surface area is 87.1 Å². The van der Waals surface area contributed by atoms with Gasteiger partial charge in [-0.05, 0) is 0 Å². The van der Waals surface area contributed by atoms with Crippen LogP contribution >= 0.6 is 15.9 Å². The van der Waals surface area contributed by atoms with E-state index in [1.165, 1.54) is 0 Å². The van der Waals surface area contributed by atoms with Gasteiger partial charge in [0, 0.05) is 11.5 Å². The van der Waals surface area contributed by atoms with Crippen LogP contribution < -0.4 is 0 Å². The molecule has 0 bridgehead atoms. The number of aromatic hydroxyl groups is 1. The summed E-state index contributed by atoms with van der Waals surface area (Å²) in [6, 6.07) is 1.55. The summed E-state index contributed by atoms with van der Waals surface area (Å²) in [5.74, 6) is -0.615. The SMILES string of the molecule is N#Cc1cnc(CBr)c(O)c1C(F)F. The summed E-state index contributed by atoms with van der Waals surface area (Å²) < 4.78 is 24.9. The molecule has 0 unspecified atom stereocenters. The lowest BCUT2D eigenvalue weighted by Gasteiger charge is -2.07. The lowest BCUT2D eigenvalue weighted by molar-refractivity contribution is 0.146. The maximum absolute atomic E-state index is 12.4. The zero-order valence-corrected chi connectivity index (χ0v) is 8.42. The van der Waals surface area contributed by atoms with Gasteiger partial charge in [-0.1, -0.05) is 15.9 Å². The average molecular weight is 263 g/mol. The number of hydrogen-bond acceptors (Lipinski definition) is 3. The molecule has 0 fully saturated rings. The smallest absolute Gasteiger partial charge is 0.268 e. The van der Waals surface area contributed by atoms with Gasteiger partial charge in [0.05, 0.1) is 16.8 Å². The fourth-order valence-corrected chi connectivity index (χ4v) is 1.37. The molecule has 0 radical (unpaired) electrons. The Morgan fingerprint density at radius 3 is 2.71 bits per heavy atom. The molecule has 3 nitrogen and oxygen atoms in total. The van der Waals surface area contributed by atoms with Crippen molar-refractivity contribution >= 4 is 15.9 Å². The highest BCUT2D eigenvalue weighted by molar-refractivity contribution is 9.08. The Bertz CT molecular complexity index is 390. The third-order valence-corrected chi connectivity index (χ3v) is 2.16. The highest BCUT2D eigenvalue weighted by Gasteiger charge is 2.21. The zero-order valence-electron chi connectivity index (χ0n) is 6.84. The van der Waals surface area contributed by atoms with Crippen molar-refractivity contribution in [3.63, 3.8) is 0 Å². The molecule has 74 valence electrons. The van der Waals surface area contributed by atoms with Crippen LogP contribution in [0.15, 0.2) is 6.20 Å². The second-order valence-corrected chi connectivity index (χ2v) is 2.99. The molecule has 1 N–H and O–H groups in total.